The zero-order valence-electron chi connectivity index (χ0n) is 19.7. The number of nitrogens with zero attached hydrogens (tertiary/aromatic N) is 7. The van der Waals surface area contributed by atoms with Gasteiger partial charge >= 0.3 is 12.4 Å². The van der Waals surface area contributed by atoms with Gasteiger partial charge in [0.15, 0.2) is 11.5 Å². The van der Waals surface area contributed by atoms with Gasteiger partial charge in [0.25, 0.3) is 0 Å². The monoisotopic (exact) mass is 549 g/mol. The van der Waals surface area contributed by atoms with Crippen LogP contribution in [0.2, 0.25) is 0 Å². The van der Waals surface area contributed by atoms with Gasteiger partial charge in [-0.25, -0.2) is 24.5 Å². The van der Waals surface area contributed by atoms with Crippen molar-refractivity contribution in [3.63, 3.8) is 0 Å². The summed E-state index contributed by atoms with van der Waals surface area (Å²) in [4.78, 5) is 34.4. The minimum absolute atomic E-state index is 0.00955. The third kappa shape index (κ3) is 4.10. The highest BCUT2D eigenvalue weighted by atomic mass is 19.4. The molecule has 4 aromatic heterocycles. The maximum Gasteiger partial charge on any atom is 0.417 e. The van der Waals surface area contributed by atoms with Crippen molar-refractivity contribution >= 4 is 23.2 Å². The molecule has 0 radical (unpaired) electrons. The molecule has 1 aliphatic carbocycles. The van der Waals surface area contributed by atoms with Crippen molar-refractivity contribution in [2.24, 2.45) is 5.92 Å². The minimum Gasteiger partial charge on any atom is -0.383 e. The van der Waals surface area contributed by atoms with Crippen LogP contribution in [0.15, 0.2) is 30.9 Å². The molecule has 1 aliphatic heterocycles. The number of amides is 1. The molecule has 5 heterocycles. The second-order valence-corrected chi connectivity index (χ2v) is 9.34. The van der Waals surface area contributed by atoms with Crippen molar-refractivity contribution < 1.29 is 31.1 Å². The van der Waals surface area contributed by atoms with Gasteiger partial charge < -0.3 is 11.1 Å². The number of nitrogens with one attached hydrogen (secondary N) is 1. The number of fused-ring (bicyclic) bond motifs is 2. The molecule has 1 fully saturated rings. The van der Waals surface area contributed by atoms with E-state index in [4.69, 9.17) is 5.73 Å². The number of aryl methyl sites for hydroxylation is 1. The molecule has 1 saturated carbocycles. The number of hydrogen-bond donors (Lipinski definition) is 2. The first-order valence-corrected chi connectivity index (χ1v) is 11.7. The molecule has 39 heavy (non-hydrogen) atoms. The van der Waals surface area contributed by atoms with Crippen molar-refractivity contribution in [2.75, 3.05) is 11.1 Å². The number of pyridine rings is 1. The lowest BCUT2D eigenvalue weighted by Crippen LogP contribution is -2.39. The fourth-order valence-corrected chi connectivity index (χ4v) is 4.97. The Hall–Kier alpha value is -4.37. The van der Waals surface area contributed by atoms with Gasteiger partial charge in [-0.3, -0.25) is 9.78 Å². The van der Waals surface area contributed by atoms with E-state index < -0.39 is 42.1 Å². The van der Waals surface area contributed by atoms with Gasteiger partial charge in [0.05, 0.1) is 28.7 Å². The minimum atomic E-state index is -4.61. The number of nitrogen functional groups attached to an aromatic ring is 1. The normalized spacial score (nSPS) is 19.4. The zero-order chi connectivity index (χ0) is 27.7. The van der Waals surface area contributed by atoms with Crippen LogP contribution < -0.4 is 11.1 Å². The summed E-state index contributed by atoms with van der Waals surface area (Å²) in [6, 6.07) is 2.00. The van der Waals surface area contributed by atoms with Crippen LogP contribution >= 0.6 is 0 Å². The highest BCUT2D eigenvalue weighted by Gasteiger charge is 2.60. The lowest BCUT2D eigenvalue weighted by atomic mass is 9.74. The van der Waals surface area contributed by atoms with E-state index in [1.807, 2.05) is 0 Å². The molecule has 0 aromatic carbocycles. The van der Waals surface area contributed by atoms with E-state index in [0.717, 1.165) is 18.5 Å². The first kappa shape index (κ1) is 24.9. The van der Waals surface area contributed by atoms with Crippen molar-refractivity contribution in [3.05, 3.63) is 53.4 Å². The Labute approximate surface area is 214 Å². The molecular formula is C23H17F6N9O. The SMILES string of the molecule is Nc1nc(-c2cn3ncnc3c(CCC(F)(F)F)n2)nc2c1C(c1ccc(C(F)(F)F)cn1)(C1CC1)C(=O)N2. The standard InChI is InChI=1S/C23H17F6N9O/c24-21(25,26)6-5-12-19-32-9-33-38(19)8-13(34-12)17-35-16(30)15-18(36-17)37-20(39)22(15,10-1-2-10)14-4-3-11(7-31-14)23(27,28)29/h3-4,7-10H,1-2,5-6H2,(H3,30,35,36,37,39). The molecule has 2 aliphatic rings. The summed E-state index contributed by atoms with van der Waals surface area (Å²) in [7, 11) is 0. The number of nitrogens with two attached hydrogens (primary N) is 1. The van der Waals surface area contributed by atoms with Gasteiger partial charge in [-0.05, 0) is 30.9 Å². The summed E-state index contributed by atoms with van der Waals surface area (Å²) in [5, 5.41) is 6.63. The molecule has 0 spiro atoms. The van der Waals surface area contributed by atoms with Crippen LogP contribution in [-0.2, 0) is 22.8 Å². The number of halogens is 6. The number of hydrogen-bond acceptors (Lipinski definition) is 8. The summed E-state index contributed by atoms with van der Waals surface area (Å²) in [5.74, 6) is -1.06. The number of rotatable bonds is 5. The Morgan fingerprint density at radius 2 is 1.85 bits per heavy atom. The molecule has 1 amide bonds. The zero-order valence-corrected chi connectivity index (χ0v) is 19.7. The van der Waals surface area contributed by atoms with Crippen LogP contribution in [0.5, 0.6) is 0 Å². The summed E-state index contributed by atoms with van der Waals surface area (Å²) in [6.45, 7) is 0. The average Bonchev–Trinajstić information content (AvgIpc) is 3.51. The molecule has 3 N–H and O–H groups in total. The molecular weight excluding hydrogens is 532 g/mol. The van der Waals surface area contributed by atoms with Crippen LogP contribution in [0.4, 0.5) is 38.0 Å². The van der Waals surface area contributed by atoms with Crippen molar-refractivity contribution in [1.29, 1.82) is 0 Å². The maximum atomic E-state index is 13.4. The van der Waals surface area contributed by atoms with Gasteiger partial charge in [-0.1, -0.05) is 0 Å². The molecule has 10 nitrogen and oxygen atoms in total. The fourth-order valence-electron chi connectivity index (χ4n) is 4.97. The second-order valence-electron chi connectivity index (χ2n) is 9.34. The van der Waals surface area contributed by atoms with Crippen LogP contribution in [0.25, 0.3) is 17.2 Å². The summed E-state index contributed by atoms with van der Waals surface area (Å²) < 4.78 is 79.3. The number of alkyl halides is 6. The molecule has 0 saturated heterocycles. The van der Waals surface area contributed by atoms with Crippen molar-refractivity contribution in [3.8, 4) is 11.5 Å². The van der Waals surface area contributed by atoms with Crippen molar-refractivity contribution in [1.82, 2.24) is 34.5 Å². The van der Waals surface area contributed by atoms with E-state index in [9.17, 15) is 31.1 Å². The highest BCUT2D eigenvalue weighted by molar-refractivity contribution is 6.09. The molecule has 16 heteroatoms. The Morgan fingerprint density at radius 1 is 1.08 bits per heavy atom. The van der Waals surface area contributed by atoms with E-state index in [1.165, 1.54) is 10.7 Å². The van der Waals surface area contributed by atoms with Crippen LogP contribution in [-0.4, -0.2) is 46.6 Å². The van der Waals surface area contributed by atoms with Gasteiger partial charge in [0.1, 0.15) is 29.1 Å². The van der Waals surface area contributed by atoms with E-state index in [2.05, 4.69) is 35.3 Å². The first-order chi connectivity index (χ1) is 18.4. The van der Waals surface area contributed by atoms with Crippen LogP contribution in [0.3, 0.4) is 0 Å². The summed E-state index contributed by atoms with van der Waals surface area (Å²) >= 11 is 0. The maximum absolute atomic E-state index is 13.4. The van der Waals surface area contributed by atoms with E-state index in [1.54, 1.807) is 0 Å². The number of carbonyl (C=O) groups excluding carboxylic acids is 1. The second kappa shape index (κ2) is 8.31. The number of carbonyl (C=O) groups is 1. The molecule has 1 unspecified atom stereocenters. The average molecular weight is 549 g/mol. The van der Waals surface area contributed by atoms with E-state index >= 15 is 0 Å². The predicted octanol–water partition coefficient (Wildman–Crippen LogP) is 3.72. The van der Waals surface area contributed by atoms with Gasteiger partial charge in [0.2, 0.25) is 5.91 Å². The Bertz CT molecular complexity index is 1610. The van der Waals surface area contributed by atoms with Gasteiger partial charge in [0, 0.05) is 19.0 Å². The topological polar surface area (TPSA) is 137 Å². The first-order valence-electron chi connectivity index (χ1n) is 11.7. The third-order valence-corrected chi connectivity index (χ3v) is 6.81. The lowest BCUT2D eigenvalue weighted by molar-refractivity contribution is -0.138. The van der Waals surface area contributed by atoms with Crippen molar-refractivity contribution in [2.45, 2.75) is 43.5 Å². The third-order valence-electron chi connectivity index (χ3n) is 6.81. The predicted molar refractivity (Wildman–Crippen MR) is 122 cm³/mol. The Balaban J connectivity index is 1.45. The highest BCUT2D eigenvalue weighted by Crippen LogP contribution is 2.57. The summed E-state index contributed by atoms with van der Waals surface area (Å²) in [5.41, 5.74) is 4.31. The largest absolute Gasteiger partial charge is 0.417 e. The number of anilines is 2. The van der Waals surface area contributed by atoms with Crippen LogP contribution in [0, 0.1) is 5.92 Å². The quantitative estimate of drug-likeness (QED) is 0.360. The molecule has 4 aromatic rings. The van der Waals surface area contributed by atoms with Gasteiger partial charge in [-0.2, -0.15) is 31.4 Å². The lowest BCUT2D eigenvalue weighted by Gasteiger charge is -2.27. The molecule has 0 bridgehead atoms. The Kier molecular flexibility index (Phi) is 5.32. The van der Waals surface area contributed by atoms with Gasteiger partial charge in [-0.15, -0.1) is 0 Å². The smallest absolute Gasteiger partial charge is 0.383 e. The fraction of sp³-hybridized carbons (Fsp3) is 0.348. The molecule has 1 atom stereocenters. The van der Waals surface area contributed by atoms with E-state index in [-0.39, 0.29) is 51.7 Å². The summed E-state index contributed by atoms with van der Waals surface area (Å²) in [6.07, 6.45) is -6.25. The molecule has 202 valence electrons. The Morgan fingerprint density at radius 3 is 2.49 bits per heavy atom. The number of aromatic nitrogens is 7. The molecule has 6 rings (SSSR count). The van der Waals surface area contributed by atoms with Crippen LogP contribution in [0.1, 0.15) is 41.8 Å². The van der Waals surface area contributed by atoms with E-state index in [0.29, 0.717) is 19.0 Å².